The lowest BCUT2D eigenvalue weighted by molar-refractivity contribution is 0.414. The van der Waals surface area contributed by atoms with Crippen molar-refractivity contribution < 1.29 is 18.3 Å². The first kappa shape index (κ1) is 25.8. The van der Waals surface area contributed by atoms with Gasteiger partial charge in [-0.3, -0.25) is 0 Å². The smallest absolute Gasteiger partial charge is 0.247 e. The van der Waals surface area contributed by atoms with E-state index < -0.39 is 5.82 Å². The third kappa shape index (κ3) is 6.02. The van der Waals surface area contributed by atoms with Gasteiger partial charge in [-0.05, 0) is 50.5 Å². The second-order valence-corrected chi connectivity index (χ2v) is 9.02. The van der Waals surface area contributed by atoms with Gasteiger partial charge in [0.2, 0.25) is 11.8 Å². The maximum absolute atomic E-state index is 15.2. The quantitative estimate of drug-likeness (QED) is 0.239. The first-order valence-corrected chi connectivity index (χ1v) is 12.2. The number of nitrogens with zero attached hydrogens (tertiary/aromatic N) is 5. The van der Waals surface area contributed by atoms with Gasteiger partial charge in [-0.15, -0.1) is 10.2 Å². The molecule has 5 rings (SSSR count). The van der Waals surface area contributed by atoms with Gasteiger partial charge in [0.1, 0.15) is 35.2 Å². The first-order chi connectivity index (χ1) is 18.9. The van der Waals surface area contributed by atoms with Gasteiger partial charge in [0.25, 0.3) is 0 Å². The fourth-order valence-corrected chi connectivity index (χ4v) is 3.93. The Balaban J connectivity index is 1.38. The second-order valence-electron chi connectivity index (χ2n) is 9.02. The summed E-state index contributed by atoms with van der Waals surface area (Å²) in [4.78, 5) is 10.8. The molecule has 0 spiro atoms. The minimum atomic E-state index is -0.498. The van der Waals surface area contributed by atoms with E-state index in [9.17, 15) is 0 Å². The molecule has 0 saturated carbocycles. The van der Waals surface area contributed by atoms with Crippen LogP contribution in [0.25, 0.3) is 28.4 Å². The Morgan fingerprint density at radius 2 is 1.87 bits per heavy atom. The van der Waals surface area contributed by atoms with Crippen molar-refractivity contribution in [1.82, 2.24) is 25.1 Å². The summed E-state index contributed by atoms with van der Waals surface area (Å²) >= 11 is 0. The molecule has 0 aliphatic carbocycles. The summed E-state index contributed by atoms with van der Waals surface area (Å²) in [6.45, 7) is 2.50. The van der Waals surface area contributed by atoms with Crippen LogP contribution in [-0.2, 0) is 0 Å². The monoisotopic (exact) mass is 526 g/mol. The summed E-state index contributed by atoms with van der Waals surface area (Å²) in [6, 6.07) is 15.5. The van der Waals surface area contributed by atoms with Gasteiger partial charge in [-0.25, -0.2) is 14.4 Å². The van der Waals surface area contributed by atoms with Crippen LogP contribution >= 0.6 is 0 Å². The van der Waals surface area contributed by atoms with Crippen molar-refractivity contribution in [3.05, 3.63) is 84.3 Å². The van der Waals surface area contributed by atoms with Gasteiger partial charge in [0, 0.05) is 42.1 Å². The third-order valence-corrected chi connectivity index (χ3v) is 5.79. The average molecular weight is 527 g/mol. The predicted octanol–water partition coefficient (Wildman–Crippen LogP) is 6.25. The lowest BCUT2D eigenvalue weighted by atomic mass is 10.1. The molecule has 0 radical (unpaired) electrons. The number of aryl methyl sites for hydroxylation is 1. The molecule has 0 atom stereocenters. The van der Waals surface area contributed by atoms with E-state index in [1.165, 1.54) is 12.4 Å². The van der Waals surface area contributed by atoms with Crippen molar-refractivity contribution in [1.29, 1.82) is 0 Å². The van der Waals surface area contributed by atoms with Crippen LogP contribution in [-0.4, -0.2) is 52.8 Å². The summed E-state index contributed by atoms with van der Waals surface area (Å²) in [5, 5.41) is 11.7. The van der Waals surface area contributed by atoms with Crippen molar-refractivity contribution in [2.75, 3.05) is 33.1 Å². The van der Waals surface area contributed by atoms with Crippen LogP contribution in [0, 0.1) is 12.7 Å². The number of nitrogens with one attached hydrogen (secondary N) is 1. The van der Waals surface area contributed by atoms with Crippen LogP contribution in [0.2, 0.25) is 0 Å². The maximum Gasteiger partial charge on any atom is 0.247 e. The van der Waals surface area contributed by atoms with Crippen molar-refractivity contribution in [2.45, 2.75) is 6.92 Å². The molecule has 2 aromatic heterocycles. The molecule has 0 amide bonds. The number of likely N-dealkylation sites (N-methyl/N-ethyl adjacent to an activating group) is 1. The van der Waals surface area contributed by atoms with Gasteiger partial charge in [-0.1, -0.05) is 18.2 Å². The number of hydrogen-bond acceptors (Lipinski definition) is 9. The van der Waals surface area contributed by atoms with Gasteiger partial charge < -0.3 is 24.1 Å². The maximum atomic E-state index is 15.2. The van der Waals surface area contributed by atoms with Crippen molar-refractivity contribution in [3.63, 3.8) is 0 Å². The molecule has 0 unspecified atom stereocenters. The zero-order chi connectivity index (χ0) is 27.4. The molecule has 3 aromatic carbocycles. The summed E-state index contributed by atoms with van der Waals surface area (Å²) in [5.41, 5.74) is 2.49. The van der Waals surface area contributed by atoms with E-state index in [1.807, 2.05) is 44.4 Å². The van der Waals surface area contributed by atoms with E-state index in [-0.39, 0.29) is 5.69 Å². The number of methoxy groups -OCH3 is 1. The number of ether oxygens (including phenoxy) is 2. The number of benzene rings is 3. The zero-order valence-corrected chi connectivity index (χ0v) is 22.0. The Morgan fingerprint density at radius 3 is 2.62 bits per heavy atom. The molecule has 10 heteroatoms. The fourth-order valence-electron chi connectivity index (χ4n) is 3.93. The minimum absolute atomic E-state index is 0.248. The Morgan fingerprint density at radius 1 is 1.03 bits per heavy atom. The molecule has 0 bridgehead atoms. The Bertz CT molecular complexity index is 1650. The van der Waals surface area contributed by atoms with Crippen LogP contribution in [0.5, 0.6) is 17.2 Å². The molecule has 39 heavy (non-hydrogen) atoms. The summed E-state index contributed by atoms with van der Waals surface area (Å²) in [6.07, 6.45) is 5.45. The molecular weight excluding hydrogens is 499 g/mol. The van der Waals surface area contributed by atoms with Crippen LogP contribution in [0.1, 0.15) is 11.5 Å². The molecule has 0 saturated heterocycles. The summed E-state index contributed by atoms with van der Waals surface area (Å²) in [7, 11) is 5.61. The molecule has 5 aromatic rings. The van der Waals surface area contributed by atoms with Crippen LogP contribution in [0.3, 0.4) is 0 Å². The number of anilines is 2. The number of fused-ring (bicyclic) bond motifs is 1. The van der Waals surface area contributed by atoms with Gasteiger partial charge in [0.05, 0.1) is 18.3 Å². The number of hydrogen-bond donors (Lipinski definition) is 1. The highest BCUT2D eigenvalue weighted by Crippen LogP contribution is 2.33. The number of halogens is 1. The second kappa shape index (κ2) is 11.3. The topological polar surface area (TPSA) is 98.4 Å². The zero-order valence-electron chi connectivity index (χ0n) is 22.0. The number of aromatic nitrogens is 4. The Kier molecular flexibility index (Phi) is 7.46. The molecule has 0 aliphatic rings. The normalized spacial score (nSPS) is 11.4. The third-order valence-electron chi connectivity index (χ3n) is 5.79. The molecule has 1 N–H and O–H groups in total. The Hall–Kier alpha value is -4.83. The largest absolute Gasteiger partial charge is 0.496 e. The SMILES string of the molecule is COc1cc2ncnc(Nc3ccc(Oc4cccc(-c5nnc(C)o5)c4)cc3F)c2cc1/C=C/CN(C)C. The highest BCUT2D eigenvalue weighted by Gasteiger charge is 2.13. The van der Waals surface area contributed by atoms with Crippen LogP contribution in [0.4, 0.5) is 15.9 Å². The van der Waals surface area contributed by atoms with Crippen LogP contribution < -0.4 is 14.8 Å². The molecule has 0 aliphatic heterocycles. The van der Waals surface area contributed by atoms with E-state index >= 15 is 4.39 Å². The molecule has 0 fully saturated rings. The fraction of sp³-hybridized carbons (Fsp3) is 0.172. The lowest BCUT2D eigenvalue weighted by Crippen LogP contribution is -2.10. The predicted molar refractivity (Wildman–Crippen MR) is 148 cm³/mol. The lowest BCUT2D eigenvalue weighted by Gasteiger charge is -2.13. The first-order valence-electron chi connectivity index (χ1n) is 12.2. The molecule has 9 nitrogen and oxygen atoms in total. The minimum Gasteiger partial charge on any atom is -0.496 e. The van der Waals surface area contributed by atoms with E-state index in [0.29, 0.717) is 45.9 Å². The van der Waals surface area contributed by atoms with E-state index in [4.69, 9.17) is 13.9 Å². The Labute approximate surface area is 224 Å². The van der Waals surface area contributed by atoms with E-state index in [2.05, 4.69) is 30.4 Å². The standard InChI is InChI=1S/C29H27FN6O3/c1-18-34-35-29(38-18)20-7-5-9-21(13-20)39-22-10-11-25(24(30)15-22)33-28-23-14-19(8-6-12-36(2)3)27(37-4)16-26(23)31-17-32-28/h5-11,13-17H,12H2,1-4H3,(H,31,32,33)/b8-6+. The highest BCUT2D eigenvalue weighted by atomic mass is 19.1. The van der Waals surface area contributed by atoms with Crippen molar-refractivity contribution in [2.24, 2.45) is 0 Å². The van der Waals surface area contributed by atoms with Crippen molar-refractivity contribution in [3.8, 4) is 28.7 Å². The van der Waals surface area contributed by atoms with Gasteiger partial charge >= 0.3 is 0 Å². The van der Waals surface area contributed by atoms with Crippen LogP contribution in [0.15, 0.2) is 71.4 Å². The van der Waals surface area contributed by atoms with E-state index in [0.717, 1.165) is 17.5 Å². The average Bonchev–Trinajstić information content (AvgIpc) is 3.36. The van der Waals surface area contributed by atoms with Crippen molar-refractivity contribution >= 4 is 28.5 Å². The highest BCUT2D eigenvalue weighted by molar-refractivity contribution is 5.93. The van der Waals surface area contributed by atoms with E-state index in [1.54, 1.807) is 44.4 Å². The van der Waals surface area contributed by atoms with Gasteiger partial charge in [-0.2, -0.15) is 0 Å². The molecule has 2 heterocycles. The number of rotatable bonds is 9. The molecule has 198 valence electrons. The van der Waals surface area contributed by atoms with Gasteiger partial charge in [0.15, 0.2) is 0 Å². The summed E-state index contributed by atoms with van der Waals surface area (Å²) in [5.74, 6) is 2.36. The molecular formula is C29H27FN6O3. The summed E-state index contributed by atoms with van der Waals surface area (Å²) < 4.78 is 32.1.